The Morgan fingerprint density at radius 2 is 2.20 bits per heavy atom. The Morgan fingerprint density at radius 3 is 2.20 bits per heavy atom. The van der Waals surface area contributed by atoms with Gasteiger partial charge in [-0.2, -0.15) is 0 Å². The third kappa shape index (κ3) is 0.229. The van der Waals surface area contributed by atoms with Gasteiger partial charge in [0, 0.05) is 0 Å². The van der Waals surface area contributed by atoms with Gasteiger partial charge in [-0.25, -0.2) is 0 Å². The predicted molar refractivity (Wildman–Crippen MR) is 17.5 cm³/mol. The van der Waals surface area contributed by atoms with E-state index in [0.717, 1.165) is 0 Å². The third-order valence-corrected chi connectivity index (χ3v) is 0.476. The van der Waals surface area contributed by atoms with Crippen molar-refractivity contribution in [3.8, 4) is 0 Å². The van der Waals surface area contributed by atoms with Crippen LogP contribution in [0.4, 0.5) is 0 Å². The molecule has 1 aliphatic rings. The summed E-state index contributed by atoms with van der Waals surface area (Å²) in [5, 5.41) is 6.96. The van der Waals surface area contributed by atoms with Crippen LogP contribution in [0.25, 0.3) is 0 Å². The summed E-state index contributed by atoms with van der Waals surface area (Å²) >= 11 is 0. The van der Waals surface area contributed by atoms with Gasteiger partial charge in [0.05, 0.1) is 0 Å². The lowest BCUT2D eigenvalue weighted by atomic mass is 10.6. The summed E-state index contributed by atoms with van der Waals surface area (Å²) in [7, 11) is 0. The molecule has 1 heterocycles. The van der Waals surface area contributed by atoms with Crippen molar-refractivity contribution in [3.05, 3.63) is 0 Å². The molecule has 0 fully saturated rings. The predicted octanol–water partition coefficient (Wildman–Crippen LogP) is 0.303. The maximum atomic E-state index is 3.58. The van der Waals surface area contributed by atoms with Gasteiger partial charge >= 0.3 is 0 Å². The molecule has 0 aromatic carbocycles. The van der Waals surface area contributed by atoms with Crippen LogP contribution in [-0.2, 0) is 0 Å². The average Bonchev–Trinajstić information content (AvgIpc) is 1.30. The van der Waals surface area contributed by atoms with E-state index in [2.05, 4.69) is 15.8 Å². The minimum absolute atomic E-state index is 0.273. The number of hydrogen-bond acceptors (Lipinski definition) is 3. The van der Waals surface area contributed by atoms with Crippen LogP contribution in [0.3, 0.4) is 0 Å². The summed E-state index contributed by atoms with van der Waals surface area (Å²) < 4.78 is 0. The summed E-state index contributed by atoms with van der Waals surface area (Å²) in [5.41, 5.74) is 2.67. The fourth-order valence-electron chi connectivity index (χ4n) is 0.173. The molecule has 0 amide bonds. The van der Waals surface area contributed by atoms with Gasteiger partial charge in [0.1, 0.15) is 0 Å². The molecule has 1 atom stereocenters. The molecule has 0 spiro atoms. The van der Waals surface area contributed by atoms with Gasteiger partial charge in [-0.3, -0.25) is 5.43 Å². The Hall–Kier alpha value is -0.600. The first-order valence-electron chi connectivity index (χ1n) is 1.55. The zero-order valence-corrected chi connectivity index (χ0v) is 2.97. The van der Waals surface area contributed by atoms with Crippen molar-refractivity contribution in [3.63, 3.8) is 0 Å². The summed E-state index contributed by atoms with van der Waals surface area (Å²) in [6, 6.07) is 0. The molecule has 0 bridgehead atoms. The van der Waals surface area contributed by atoms with Crippen molar-refractivity contribution in [2.24, 2.45) is 10.3 Å². The van der Waals surface area contributed by atoms with Gasteiger partial charge < -0.3 is 0 Å². The van der Waals surface area contributed by atoms with E-state index < -0.39 is 0 Å². The van der Waals surface area contributed by atoms with Gasteiger partial charge in [0.2, 0.25) is 0 Å². The second-order valence-corrected chi connectivity index (χ2v) is 1.02. The van der Waals surface area contributed by atoms with Crippen LogP contribution in [0.1, 0.15) is 6.92 Å². The molecule has 5 heavy (non-hydrogen) atoms. The topological polar surface area (TPSA) is 36.8 Å². The molecule has 1 rings (SSSR count). The molecule has 0 aromatic rings. The summed E-state index contributed by atoms with van der Waals surface area (Å²) in [4.78, 5) is 0. The van der Waals surface area contributed by atoms with Crippen LogP contribution in [0.2, 0.25) is 0 Å². The molecule has 0 aliphatic carbocycles. The fourth-order valence-corrected chi connectivity index (χ4v) is 0.173. The van der Waals surface area contributed by atoms with E-state index in [1.54, 1.807) is 0 Å². The first-order valence-corrected chi connectivity index (χ1v) is 1.55. The highest BCUT2D eigenvalue weighted by atomic mass is 15.6. The number of rotatable bonds is 0. The van der Waals surface area contributed by atoms with Crippen molar-refractivity contribution in [2.45, 2.75) is 13.1 Å². The minimum atomic E-state index is 0.273. The van der Waals surface area contributed by atoms with Crippen LogP contribution in [-0.4, -0.2) is 6.17 Å². The van der Waals surface area contributed by atoms with Gasteiger partial charge in [-0.15, -0.1) is 5.11 Å². The van der Waals surface area contributed by atoms with Crippen LogP contribution in [0.5, 0.6) is 0 Å². The first kappa shape index (κ1) is 2.63. The molecular weight excluding hydrogens is 66.0 g/mol. The highest BCUT2D eigenvalue weighted by Gasteiger charge is 1.99. The Labute approximate surface area is 30.1 Å². The Morgan fingerprint density at radius 1 is 1.80 bits per heavy atom. The molecule has 1 unspecified atom stereocenters. The Kier molecular flexibility index (Phi) is 0.353. The highest BCUT2D eigenvalue weighted by molar-refractivity contribution is 4.53. The third-order valence-electron chi connectivity index (χ3n) is 0.476. The average molecular weight is 71.1 g/mol. The number of hydrogen-bond donors (Lipinski definition) is 1. The second-order valence-electron chi connectivity index (χ2n) is 1.02. The highest BCUT2D eigenvalue weighted by Crippen LogP contribution is 1.91. The minimum Gasteiger partial charge on any atom is -0.266 e. The molecule has 0 saturated carbocycles. The SMILES string of the molecule is CC1N=NN1. The normalized spacial score (nSPS) is 31.8. The maximum Gasteiger partial charge on any atom is 0.155 e. The molecule has 0 saturated heterocycles. The van der Waals surface area contributed by atoms with Crippen molar-refractivity contribution in [2.75, 3.05) is 0 Å². The van der Waals surface area contributed by atoms with Gasteiger partial charge in [0.25, 0.3) is 0 Å². The number of nitrogens with zero attached hydrogens (tertiary/aromatic N) is 2. The molecule has 1 N–H and O–H groups in total. The first-order chi connectivity index (χ1) is 2.39. The van der Waals surface area contributed by atoms with Crippen molar-refractivity contribution >= 4 is 0 Å². The Bertz CT molecular complexity index is 57.9. The summed E-state index contributed by atoms with van der Waals surface area (Å²) in [5.74, 6) is 0. The van der Waals surface area contributed by atoms with Crippen LogP contribution in [0, 0.1) is 0 Å². The largest absolute Gasteiger partial charge is 0.266 e. The van der Waals surface area contributed by atoms with Crippen molar-refractivity contribution in [1.29, 1.82) is 0 Å². The van der Waals surface area contributed by atoms with Gasteiger partial charge in [-0.05, 0) is 6.92 Å². The van der Waals surface area contributed by atoms with E-state index >= 15 is 0 Å². The maximum absolute atomic E-state index is 3.58. The van der Waals surface area contributed by atoms with E-state index in [9.17, 15) is 0 Å². The summed E-state index contributed by atoms with van der Waals surface area (Å²) in [6.45, 7) is 1.94. The van der Waals surface area contributed by atoms with Crippen molar-refractivity contribution < 1.29 is 0 Å². The van der Waals surface area contributed by atoms with Crippen LogP contribution < -0.4 is 5.43 Å². The molecule has 3 nitrogen and oxygen atoms in total. The van der Waals surface area contributed by atoms with Gasteiger partial charge in [-0.1, -0.05) is 5.22 Å². The van der Waals surface area contributed by atoms with E-state index in [1.807, 2.05) is 6.92 Å². The van der Waals surface area contributed by atoms with E-state index in [1.165, 1.54) is 0 Å². The standard InChI is InChI=1S/C2H5N3/c1-2-3-5-4-2/h2H,1H3,(H,3,4). The molecule has 0 aromatic heterocycles. The van der Waals surface area contributed by atoms with E-state index in [-0.39, 0.29) is 6.17 Å². The molecule has 3 heteroatoms. The van der Waals surface area contributed by atoms with E-state index in [0.29, 0.717) is 0 Å². The fraction of sp³-hybridized carbons (Fsp3) is 1.00. The van der Waals surface area contributed by atoms with E-state index in [4.69, 9.17) is 0 Å². The lowest BCUT2D eigenvalue weighted by Crippen LogP contribution is -2.25. The molecule has 28 valence electrons. The quantitative estimate of drug-likeness (QED) is 0.438. The smallest absolute Gasteiger partial charge is 0.155 e. The monoisotopic (exact) mass is 71.0 g/mol. The second kappa shape index (κ2) is 0.672. The van der Waals surface area contributed by atoms with Crippen LogP contribution in [0.15, 0.2) is 10.3 Å². The summed E-state index contributed by atoms with van der Waals surface area (Å²) in [6.07, 6.45) is 0.273. The zero-order valence-electron chi connectivity index (χ0n) is 2.97. The molecule has 0 radical (unpaired) electrons. The lowest BCUT2D eigenvalue weighted by Gasteiger charge is -2.09. The molecular formula is C2H5N3. The Balaban J connectivity index is 2.39. The number of nitrogens with one attached hydrogen (secondary N) is 1. The van der Waals surface area contributed by atoms with Gasteiger partial charge in [0.15, 0.2) is 6.17 Å². The lowest BCUT2D eigenvalue weighted by molar-refractivity contribution is 0.434. The van der Waals surface area contributed by atoms with Crippen molar-refractivity contribution in [1.82, 2.24) is 5.43 Å². The molecule has 1 aliphatic heterocycles. The zero-order chi connectivity index (χ0) is 3.70. The van der Waals surface area contributed by atoms with Crippen LogP contribution >= 0.6 is 0 Å².